The monoisotopic (exact) mass is 273 g/mol. The Morgan fingerprint density at radius 1 is 1.30 bits per heavy atom. The van der Waals surface area contributed by atoms with Crippen LogP contribution in [0, 0.1) is 0 Å². The number of hydrogen-bond acceptors (Lipinski definition) is 3. The van der Waals surface area contributed by atoms with Gasteiger partial charge in [-0.15, -0.1) is 0 Å². The fourth-order valence-corrected chi connectivity index (χ4v) is 3.17. The highest BCUT2D eigenvalue weighted by molar-refractivity contribution is 5.01. The van der Waals surface area contributed by atoms with Crippen molar-refractivity contribution in [2.45, 2.75) is 57.8 Å². The fraction of sp³-hybridized carbons (Fsp3) is 0.600. The number of nitrogens with one attached hydrogen (secondary N) is 1. The van der Waals surface area contributed by atoms with E-state index >= 15 is 0 Å². The smallest absolute Gasteiger partial charge is 0.0951 e. The Morgan fingerprint density at radius 2 is 2.20 bits per heavy atom. The van der Waals surface area contributed by atoms with Crippen molar-refractivity contribution < 1.29 is 0 Å². The van der Waals surface area contributed by atoms with E-state index in [1.807, 2.05) is 25.0 Å². The standard InChI is InChI=1S/C15H23N5/c1-12(2)20-11-17-8-13(20)9-18-14-4-3-5-15(14)19-7-6-16-10-19/h6-8,10-12,14-15,18H,3-5,9H2,1-2H3. The molecule has 5 nitrogen and oxygen atoms in total. The molecule has 0 radical (unpaired) electrons. The predicted octanol–water partition coefficient (Wildman–Crippen LogP) is 2.54. The molecule has 1 fully saturated rings. The second kappa shape index (κ2) is 5.79. The first-order valence-electron chi connectivity index (χ1n) is 7.47. The van der Waals surface area contributed by atoms with Crippen LogP contribution in [0.5, 0.6) is 0 Å². The van der Waals surface area contributed by atoms with Gasteiger partial charge in [0.05, 0.1) is 18.3 Å². The van der Waals surface area contributed by atoms with Crippen LogP contribution < -0.4 is 5.32 Å². The van der Waals surface area contributed by atoms with Gasteiger partial charge in [-0.2, -0.15) is 0 Å². The van der Waals surface area contributed by atoms with Gasteiger partial charge in [-0.3, -0.25) is 0 Å². The molecule has 1 aliphatic rings. The molecule has 20 heavy (non-hydrogen) atoms. The minimum atomic E-state index is 0.460. The summed E-state index contributed by atoms with van der Waals surface area (Å²) in [6, 6.07) is 1.52. The lowest BCUT2D eigenvalue weighted by molar-refractivity contribution is 0.384. The quantitative estimate of drug-likeness (QED) is 0.910. The molecule has 1 saturated carbocycles. The zero-order valence-corrected chi connectivity index (χ0v) is 12.2. The normalized spacial score (nSPS) is 22.8. The van der Waals surface area contributed by atoms with Gasteiger partial charge in [-0.25, -0.2) is 9.97 Å². The average molecular weight is 273 g/mol. The highest BCUT2D eigenvalue weighted by Gasteiger charge is 2.28. The van der Waals surface area contributed by atoms with E-state index in [1.54, 1.807) is 0 Å². The van der Waals surface area contributed by atoms with Crippen LogP contribution in [0.4, 0.5) is 0 Å². The molecule has 3 rings (SSSR count). The first kappa shape index (κ1) is 13.4. The first-order chi connectivity index (χ1) is 9.75. The molecule has 5 heteroatoms. The third-order valence-electron chi connectivity index (χ3n) is 4.24. The summed E-state index contributed by atoms with van der Waals surface area (Å²) < 4.78 is 4.47. The van der Waals surface area contributed by atoms with Crippen molar-refractivity contribution in [3.8, 4) is 0 Å². The Morgan fingerprint density at radius 3 is 2.95 bits per heavy atom. The summed E-state index contributed by atoms with van der Waals surface area (Å²) in [4.78, 5) is 8.43. The van der Waals surface area contributed by atoms with Gasteiger partial charge in [0.2, 0.25) is 0 Å². The summed E-state index contributed by atoms with van der Waals surface area (Å²) >= 11 is 0. The van der Waals surface area contributed by atoms with Crippen LogP contribution in [-0.4, -0.2) is 25.1 Å². The summed E-state index contributed by atoms with van der Waals surface area (Å²) in [5, 5.41) is 3.71. The SMILES string of the molecule is CC(C)n1cncc1CNC1CCCC1n1ccnc1. The Labute approximate surface area is 120 Å². The topological polar surface area (TPSA) is 47.7 Å². The van der Waals surface area contributed by atoms with E-state index in [9.17, 15) is 0 Å². The van der Waals surface area contributed by atoms with Gasteiger partial charge < -0.3 is 14.5 Å². The Bertz CT molecular complexity index is 528. The van der Waals surface area contributed by atoms with Gasteiger partial charge in [0, 0.05) is 43.3 Å². The molecule has 2 aromatic heterocycles. The lowest BCUT2D eigenvalue weighted by atomic mass is 10.1. The minimum absolute atomic E-state index is 0.460. The third kappa shape index (κ3) is 2.63. The molecule has 1 aliphatic carbocycles. The highest BCUT2D eigenvalue weighted by atomic mass is 15.1. The minimum Gasteiger partial charge on any atom is -0.333 e. The van der Waals surface area contributed by atoms with E-state index in [2.05, 4.69) is 44.5 Å². The van der Waals surface area contributed by atoms with Crippen LogP contribution in [0.2, 0.25) is 0 Å². The van der Waals surface area contributed by atoms with Gasteiger partial charge in [0.1, 0.15) is 0 Å². The van der Waals surface area contributed by atoms with Crippen LogP contribution >= 0.6 is 0 Å². The van der Waals surface area contributed by atoms with Crippen molar-refractivity contribution in [2.24, 2.45) is 0 Å². The molecule has 2 aromatic rings. The summed E-state index contributed by atoms with van der Waals surface area (Å²) in [7, 11) is 0. The molecule has 2 heterocycles. The lowest BCUT2D eigenvalue weighted by Crippen LogP contribution is -2.33. The molecule has 108 valence electrons. The maximum atomic E-state index is 4.27. The van der Waals surface area contributed by atoms with E-state index in [1.165, 1.54) is 25.0 Å². The average Bonchev–Trinajstić information content (AvgIpc) is 3.16. The molecular formula is C15H23N5. The van der Waals surface area contributed by atoms with Gasteiger partial charge in [-0.05, 0) is 33.1 Å². The first-order valence-corrected chi connectivity index (χ1v) is 7.47. The highest BCUT2D eigenvalue weighted by Crippen LogP contribution is 2.30. The fourth-order valence-electron chi connectivity index (χ4n) is 3.17. The van der Waals surface area contributed by atoms with Crippen LogP contribution in [-0.2, 0) is 6.54 Å². The van der Waals surface area contributed by atoms with Crippen LogP contribution in [0.15, 0.2) is 31.2 Å². The maximum Gasteiger partial charge on any atom is 0.0951 e. The van der Waals surface area contributed by atoms with E-state index < -0.39 is 0 Å². The summed E-state index contributed by atoms with van der Waals surface area (Å²) in [5.74, 6) is 0. The molecule has 2 unspecified atom stereocenters. The zero-order chi connectivity index (χ0) is 13.9. The Hall–Kier alpha value is -1.62. The molecule has 1 N–H and O–H groups in total. The van der Waals surface area contributed by atoms with Crippen LogP contribution in [0.25, 0.3) is 0 Å². The molecule has 0 aromatic carbocycles. The summed E-state index contributed by atoms with van der Waals surface area (Å²) in [5.41, 5.74) is 1.26. The summed E-state index contributed by atoms with van der Waals surface area (Å²) in [6.45, 7) is 5.26. The lowest BCUT2D eigenvalue weighted by Gasteiger charge is -2.23. The second-order valence-corrected chi connectivity index (χ2v) is 5.88. The van der Waals surface area contributed by atoms with Crippen molar-refractivity contribution in [1.29, 1.82) is 0 Å². The third-order valence-corrected chi connectivity index (χ3v) is 4.24. The Kier molecular flexibility index (Phi) is 3.87. The van der Waals surface area contributed by atoms with Crippen molar-refractivity contribution in [3.63, 3.8) is 0 Å². The van der Waals surface area contributed by atoms with E-state index in [-0.39, 0.29) is 0 Å². The van der Waals surface area contributed by atoms with Gasteiger partial charge >= 0.3 is 0 Å². The number of aromatic nitrogens is 4. The predicted molar refractivity (Wildman–Crippen MR) is 78.4 cm³/mol. The molecule has 0 aliphatic heterocycles. The number of imidazole rings is 2. The van der Waals surface area contributed by atoms with Gasteiger partial charge in [-0.1, -0.05) is 0 Å². The van der Waals surface area contributed by atoms with E-state index in [0.717, 1.165) is 6.54 Å². The molecular weight excluding hydrogens is 250 g/mol. The second-order valence-electron chi connectivity index (χ2n) is 5.88. The number of nitrogens with zero attached hydrogens (tertiary/aromatic N) is 4. The molecule has 0 spiro atoms. The van der Waals surface area contributed by atoms with Gasteiger partial charge in [0.25, 0.3) is 0 Å². The molecule has 0 saturated heterocycles. The largest absolute Gasteiger partial charge is 0.333 e. The van der Waals surface area contributed by atoms with Crippen LogP contribution in [0.1, 0.15) is 50.9 Å². The molecule has 0 bridgehead atoms. The van der Waals surface area contributed by atoms with Crippen molar-refractivity contribution in [3.05, 3.63) is 36.9 Å². The van der Waals surface area contributed by atoms with E-state index in [0.29, 0.717) is 18.1 Å². The molecule has 0 amide bonds. The maximum absolute atomic E-state index is 4.27. The van der Waals surface area contributed by atoms with Crippen LogP contribution in [0.3, 0.4) is 0 Å². The number of rotatable bonds is 5. The van der Waals surface area contributed by atoms with Gasteiger partial charge in [0.15, 0.2) is 0 Å². The molecule has 2 atom stereocenters. The van der Waals surface area contributed by atoms with Crippen molar-refractivity contribution in [2.75, 3.05) is 0 Å². The summed E-state index contributed by atoms with van der Waals surface area (Å²) in [6.07, 6.45) is 13.5. The van der Waals surface area contributed by atoms with Crippen molar-refractivity contribution in [1.82, 2.24) is 24.4 Å². The van der Waals surface area contributed by atoms with E-state index in [4.69, 9.17) is 0 Å². The zero-order valence-electron chi connectivity index (χ0n) is 12.2. The van der Waals surface area contributed by atoms with Crippen molar-refractivity contribution >= 4 is 0 Å². The Balaban J connectivity index is 1.64. The number of hydrogen-bond donors (Lipinski definition) is 1.